The van der Waals surface area contributed by atoms with Gasteiger partial charge in [-0.2, -0.15) is 0 Å². The summed E-state index contributed by atoms with van der Waals surface area (Å²) in [5.74, 6) is -0.215. The van der Waals surface area contributed by atoms with E-state index in [9.17, 15) is 14.2 Å². The van der Waals surface area contributed by atoms with E-state index < -0.39 is 19.3 Å². The molecule has 1 amide bonds. The van der Waals surface area contributed by atoms with Gasteiger partial charge in [-0.15, -0.1) is 0 Å². The Hall–Kier alpha value is -0.910. The lowest BCUT2D eigenvalue weighted by Crippen LogP contribution is -2.37. The van der Waals surface area contributed by atoms with Crippen molar-refractivity contribution in [1.29, 1.82) is 0 Å². The SMILES string of the molecule is CCOP(=O)(CC(=O)CCC(C)NC(=O)OC(C)(C)C)OCC. The average Bonchev–Trinajstić information content (AvgIpc) is 2.34. The molecule has 0 aliphatic carbocycles. The number of alkyl carbamates (subject to hydrolysis) is 1. The second kappa shape index (κ2) is 10.1. The van der Waals surface area contributed by atoms with Crippen LogP contribution in [0.15, 0.2) is 0 Å². The third kappa shape index (κ3) is 11.3. The summed E-state index contributed by atoms with van der Waals surface area (Å²) < 4.78 is 27.6. The van der Waals surface area contributed by atoms with Gasteiger partial charge in [0.05, 0.1) is 13.2 Å². The first-order valence-electron chi connectivity index (χ1n) is 7.90. The zero-order valence-electron chi connectivity index (χ0n) is 15.0. The van der Waals surface area contributed by atoms with Crippen LogP contribution >= 0.6 is 7.60 Å². The third-order valence-electron chi connectivity index (χ3n) is 2.64. The van der Waals surface area contributed by atoms with E-state index in [4.69, 9.17) is 13.8 Å². The molecule has 0 spiro atoms. The van der Waals surface area contributed by atoms with Crippen molar-refractivity contribution in [2.75, 3.05) is 19.4 Å². The van der Waals surface area contributed by atoms with Crippen LogP contribution in [0.4, 0.5) is 4.79 Å². The minimum atomic E-state index is -3.35. The van der Waals surface area contributed by atoms with Crippen LogP contribution in [0, 0.1) is 0 Å². The molecular formula is C15H30NO6P. The molecule has 0 aromatic carbocycles. The molecule has 0 aliphatic rings. The summed E-state index contributed by atoms with van der Waals surface area (Å²) in [5, 5.41) is 2.66. The van der Waals surface area contributed by atoms with Gasteiger partial charge in [0.1, 0.15) is 17.5 Å². The number of hydrogen-bond acceptors (Lipinski definition) is 6. The highest BCUT2D eigenvalue weighted by Crippen LogP contribution is 2.48. The molecule has 0 bridgehead atoms. The number of rotatable bonds is 10. The number of carbonyl (C=O) groups excluding carboxylic acids is 2. The highest BCUT2D eigenvalue weighted by molar-refractivity contribution is 7.54. The van der Waals surface area contributed by atoms with Gasteiger partial charge in [-0.1, -0.05) is 0 Å². The Morgan fingerprint density at radius 1 is 1.13 bits per heavy atom. The molecule has 136 valence electrons. The first-order valence-corrected chi connectivity index (χ1v) is 9.63. The molecule has 1 atom stereocenters. The summed E-state index contributed by atoms with van der Waals surface area (Å²) in [6, 6.07) is -0.229. The van der Waals surface area contributed by atoms with Gasteiger partial charge in [0.25, 0.3) is 0 Å². The Morgan fingerprint density at radius 2 is 1.65 bits per heavy atom. The van der Waals surface area contributed by atoms with E-state index in [0.29, 0.717) is 6.42 Å². The minimum absolute atomic E-state index is 0.182. The van der Waals surface area contributed by atoms with Crippen molar-refractivity contribution < 1.29 is 27.9 Å². The maximum absolute atomic E-state index is 12.2. The summed E-state index contributed by atoms with van der Waals surface area (Å²) in [6.45, 7) is 11.0. The average molecular weight is 351 g/mol. The van der Waals surface area contributed by atoms with Crippen molar-refractivity contribution in [3.63, 3.8) is 0 Å². The lowest BCUT2D eigenvalue weighted by molar-refractivity contribution is -0.117. The van der Waals surface area contributed by atoms with Gasteiger partial charge in [-0.3, -0.25) is 9.36 Å². The summed E-state index contributed by atoms with van der Waals surface area (Å²) in [7, 11) is -3.35. The van der Waals surface area contributed by atoms with E-state index in [-0.39, 0.29) is 37.6 Å². The lowest BCUT2D eigenvalue weighted by atomic mass is 10.1. The predicted octanol–water partition coefficient (Wildman–Crippen LogP) is 3.52. The number of amides is 1. The molecule has 0 heterocycles. The predicted molar refractivity (Wildman–Crippen MR) is 88.8 cm³/mol. The van der Waals surface area contributed by atoms with Gasteiger partial charge in [0.15, 0.2) is 0 Å². The Kier molecular flexibility index (Phi) is 9.66. The van der Waals surface area contributed by atoms with Crippen molar-refractivity contribution in [1.82, 2.24) is 5.32 Å². The molecule has 8 heteroatoms. The van der Waals surface area contributed by atoms with E-state index >= 15 is 0 Å². The second-order valence-corrected chi connectivity index (χ2v) is 8.28. The monoisotopic (exact) mass is 351 g/mol. The maximum Gasteiger partial charge on any atom is 0.407 e. The molecule has 0 radical (unpaired) electrons. The quantitative estimate of drug-likeness (QED) is 0.606. The summed E-state index contributed by atoms with van der Waals surface area (Å²) in [6.07, 6.45) is -0.155. The van der Waals surface area contributed by atoms with E-state index in [1.54, 1.807) is 41.5 Å². The molecule has 0 fully saturated rings. The number of carbonyl (C=O) groups is 2. The van der Waals surface area contributed by atoms with Gasteiger partial charge < -0.3 is 19.1 Å². The Morgan fingerprint density at radius 3 is 2.09 bits per heavy atom. The van der Waals surface area contributed by atoms with Crippen LogP contribution in [-0.2, 0) is 23.1 Å². The van der Waals surface area contributed by atoms with Crippen LogP contribution in [0.2, 0.25) is 0 Å². The fourth-order valence-corrected chi connectivity index (χ4v) is 3.41. The number of hydrogen-bond donors (Lipinski definition) is 1. The molecule has 1 N–H and O–H groups in total. The first-order chi connectivity index (χ1) is 10.5. The van der Waals surface area contributed by atoms with Gasteiger partial charge in [-0.05, 0) is 48.0 Å². The summed E-state index contributed by atoms with van der Waals surface area (Å²) >= 11 is 0. The highest BCUT2D eigenvalue weighted by Gasteiger charge is 2.27. The Labute approximate surface area is 139 Å². The molecule has 0 rings (SSSR count). The molecule has 7 nitrogen and oxygen atoms in total. The Balaban J connectivity index is 4.27. The summed E-state index contributed by atoms with van der Waals surface area (Å²) in [5.41, 5.74) is -0.568. The van der Waals surface area contributed by atoms with E-state index in [2.05, 4.69) is 5.32 Å². The number of nitrogens with one attached hydrogen (secondary N) is 1. The van der Waals surface area contributed by atoms with E-state index in [1.165, 1.54) is 0 Å². The van der Waals surface area contributed by atoms with Crippen molar-refractivity contribution in [2.45, 2.75) is 66.0 Å². The number of Topliss-reactive ketones (excluding diaryl/α,β-unsaturated/α-hetero) is 1. The number of ketones is 1. The van der Waals surface area contributed by atoms with Gasteiger partial charge in [-0.25, -0.2) is 4.79 Å². The van der Waals surface area contributed by atoms with Crippen LogP contribution in [0.3, 0.4) is 0 Å². The normalized spacial score (nSPS) is 13.5. The van der Waals surface area contributed by atoms with Crippen LogP contribution < -0.4 is 5.32 Å². The molecule has 23 heavy (non-hydrogen) atoms. The molecule has 0 saturated carbocycles. The largest absolute Gasteiger partial charge is 0.444 e. The van der Waals surface area contributed by atoms with Crippen LogP contribution in [0.25, 0.3) is 0 Å². The highest BCUT2D eigenvalue weighted by atomic mass is 31.2. The molecule has 0 aliphatic heterocycles. The van der Waals surface area contributed by atoms with Crippen molar-refractivity contribution in [3.8, 4) is 0 Å². The minimum Gasteiger partial charge on any atom is -0.444 e. The molecule has 0 saturated heterocycles. The topological polar surface area (TPSA) is 90.9 Å². The standard InChI is InChI=1S/C15H30NO6P/c1-7-20-23(19,21-8-2)11-13(17)10-9-12(3)16-14(18)22-15(4,5)6/h12H,7-11H2,1-6H3,(H,16,18). The molecular weight excluding hydrogens is 321 g/mol. The van der Waals surface area contributed by atoms with Gasteiger partial charge >= 0.3 is 13.7 Å². The molecule has 0 aromatic rings. The Bertz CT molecular complexity index is 422. The second-order valence-electron chi connectivity index (χ2n) is 6.23. The van der Waals surface area contributed by atoms with Crippen molar-refractivity contribution in [3.05, 3.63) is 0 Å². The smallest absolute Gasteiger partial charge is 0.407 e. The zero-order chi connectivity index (χ0) is 18.1. The van der Waals surface area contributed by atoms with Crippen LogP contribution in [0.1, 0.15) is 54.4 Å². The fraction of sp³-hybridized carbons (Fsp3) is 0.867. The molecule has 0 aromatic heterocycles. The van der Waals surface area contributed by atoms with Crippen LogP contribution in [-0.4, -0.2) is 42.9 Å². The molecule has 1 unspecified atom stereocenters. The van der Waals surface area contributed by atoms with Gasteiger partial charge in [0, 0.05) is 12.5 Å². The van der Waals surface area contributed by atoms with E-state index in [1.807, 2.05) is 0 Å². The number of ether oxygens (including phenoxy) is 1. The zero-order valence-corrected chi connectivity index (χ0v) is 15.9. The van der Waals surface area contributed by atoms with Crippen LogP contribution in [0.5, 0.6) is 0 Å². The van der Waals surface area contributed by atoms with Crippen molar-refractivity contribution in [2.24, 2.45) is 0 Å². The summed E-state index contributed by atoms with van der Waals surface area (Å²) in [4.78, 5) is 23.6. The van der Waals surface area contributed by atoms with E-state index in [0.717, 1.165) is 0 Å². The fourth-order valence-electron chi connectivity index (χ4n) is 1.78. The maximum atomic E-state index is 12.2. The third-order valence-corrected chi connectivity index (χ3v) is 4.68. The van der Waals surface area contributed by atoms with Gasteiger partial charge in [0.2, 0.25) is 0 Å². The first kappa shape index (κ1) is 22.1. The lowest BCUT2D eigenvalue weighted by Gasteiger charge is -2.22. The van der Waals surface area contributed by atoms with Crippen molar-refractivity contribution >= 4 is 19.5 Å².